The number of nitrogens with one attached hydrogen (secondary N) is 1. The van der Waals surface area contributed by atoms with E-state index in [4.69, 9.17) is 4.74 Å². The Kier molecular flexibility index (Phi) is 3.98. The van der Waals surface area contributed by atoms with E-state index in [0.29, 0.717) is 24.4 Å². The fourth-order valence-electron chi connectivity index (χ4n) is 4.09. The number of carbonyl (C=O) groups excluding carboxylic acids is 3. The molecule has 1 unspecified atom stereocenters. The fourth-order valence-corrected chi connectivity index (χ4v) is 4.09. The summed E-state index contributed by atoms with van der Waals surface area (Å²) in [5.74, 6) is 0.538. The van der Waals surface area contributed by atoms with Crippen LogP contribution >= 0.6 is 0 Å². The highest BCUT2D eigenvalue weighted by Gasteiger charge is 2.39. The summed E-state index contributed by atoms with van der Waals surface area (Å²) in [6, 6.07) is 4.98. The number of amides is 3. The number of piperidine rings is 1. The monoisotopic (exact) mass is 342 g/mol. The number of imide groups is 1. The molecule has 1 N–H and O–H groups in total. The van der Waals surface area contributed by atoms with Crippen LogP contribution in [0.1, 0.15) is 54.9 Å². The molecule has 6 nitrogen and oxygen atoms in total. The summed E-state index contributed by atoms with van der Waals surface area (Å²) in [6.45, 7) is 2.59. The third-order valence-corrected chi connectivity index (χ3v) is 5.57. The Bertz CT molecular complexity index is 745. The van der Waals surface area contributed by atoms with E-state index in [1.165, 1.54) is 12.8 Å². The molecule has 1 saturated heterocycles. The average Bonchev–Trinajstić information content (AvgIpc) is 3.12. The van der Waals surface area contributed by atoms with Crippen molar-refractivity contribution >= 4 is 17.7 Å². The van der Waals surface area contributed by atoms with Crippen molar-refractivity contribution in [3.63, 3.8) is 0 Å². The van der Waals surface area contributed by atoms with E-state index in [-0.39, 0.29) is 30.2 Å². The minimum atomic E-state index is -0.572. The highest BCUT2D eigenvalue weighted by atomic mass is 16.5. The molecule has 1 aliphatic carbocycles. The van der Waals surface area contributed by atoms with Gasteiger partial charge in [0, 0.05) is 18.5 Å². The second-order valence-corrected chi connectivity index (χ2v) is 7.28. The minimum absolute atomic E-state index is 0.148. The predicted molar refractivity (Wildman–Crippen MR) is 89.9 cm³/mol. The van der Waals surface area contributed by atoms with Gasteiger partial charge in [0.15, 0.2) is 0 Å². The quantitative estimate of drug-likeness (QED) is 0.853. The molecule has 2 heterocycles. The highest BCUT2D eigenvalue weighted by Crippen LogP contribution is 2.33. The van der Waals surface area contributed by atoms with E-state index in [2.05, 4.69) is 12.2 Å². The Morgan fingerprint density at radius 1 is 1.16 bits per heavy atom. The predicted octanol–water partition coefficient (Wildman–Crippen LogP) is 2.01. The van der Waals surface area contributed by atoms with Crippen LogP contribution in [0, 0.1) is 5.92 Å². The lowest BCUT2D eigenvalue weighted by atomic mass is 10.0. The molecule has 1 saturated carbocycles. The SMILES string of the molecule is C[C@H]1CCC[C@@H]1Oc1ccc2c(c1)CN(C1CCC(=O)NC1=O)C2=O. The van der Waals surface area contributed by atoms with Gasteiger partial charge in [-0.25, -0.2) is 0 Å². The first-order valence-electron chi connectivity index (χ1n) is 8.97. The maximum atomic E-state index is 12.7. The largest absolute Gasteiger partial charge is 0.490 e. The molecule has 1 aromatic rings. The Hall–Kier alpha value is -2.37. The molecule has 3 aliphatic rings. The number of carbonyl (C=O) groups is 3. The number of hydrogen-bond donors (Lipinski definition) is 1. The molecule has 0 bridgehead atoms. The van der Waals surface area contributed by atoms with Gasteiger partial charge in [-0.15, -0.1) is 0 Å². The van der Waals surface area contributed by atoms with Gasteiger partial charge in [-0.2, -0.15) is 0 Å². The van der Waals surface area contributed by atoms with E-state index in [0.717, 1.165) is 17.7 Å². The average molecular weight is 342 g/mol. The lowest BCUT2D eigenvalue weighted by Gasteiger charge is -2.29. The molecule has 0 spiro atoms. The van der Waals surface area contributed by atoms with Gasteiger partial charge < -0.3 is 9.64 Å². The van der Waals surface area contributed by atoms with E-state index >= 15 is 0 Å². The van der Waals surface area contributed by atoms with Crippen molar-refractivity contribution in [2.75, 3.05) is 0 Å². The fraction of sp³-hybridized carbons (Fsp3) is 0.526. The van der Waals surface area contributed by atoms with Gasteiger partial charge in [-0.05, 0) is 55.4 Å². The van der Waals surface area contributed by atoms with E-state index < -0.39 is 6.04 Å². The van der Waals surface area contributed by atoms with Gasteiger partial charge in [-0.3, -0.25) is 19.7 Å². The molecule has 0 aromatic heterocycles. The van der Waals surface area contributed by atoms with Crippen LogP contribution in [0.5, 0.6) is 5.75 Å². The van der Waals surface area contributed by atoms with Gasteiger partial charge in [0.05, 0.1) is 0 Å². The maximum Gasteiger partial charge on any atom is 0.255 e. The zero-order valence-corrected chi connectivity index (χ0v) is 14.3. The standard InChI is InChI=1S/C19H22N2O4/c1-11-3-2-4-16(11)25-13-5-6-14-12(9-13)10-21(19(14)24)15-7-8-17(22)20-18(15)23/h5-6,9,11,15-16H,2-4,7-8,10H2,1H3,(H,20,22,23)/t11-,15?,16-/m0/s1. The second kappa shape index (κ2) is 6.17. The molecule has 4 rings (SSSR count). The number of benzene rings is 1. The van der Waals surface area contributed by atoms with Gasteiger partial charge in [0.2, 0.25) is 11.8 Å². The number of ether oxygens (including phenoxy) is 1. The van der Waals surface area contributed by atoms with Gasteiger partial charge >= 0.3 is 0 Å². The number of fused-ring (bicyclic) bond motifs is 1. The van der Waals surface area contributed by atoms with Crippen LogP contribution in [0.3, 0.4) is 0 Å². The molecule has 3 atom stereocenters. The molecule has 25 heavy (non-hydrogen) atoms. The smallest absolute Gasteiger partial charge is 0.255 e. The van der Waals surface area contributed by atoms with Crippen molar-refractivity contribution in [2.24, 2.45) is 5.92 Å². The molecule has 0 radical (unpaired) electrons. The van der Waals surface area contributed by atoms with Crippen molar-refractivity contribution in [2.45, 2.75) is 57.7 Å². The summed E-state index contributed by atoms with van der Waals surface area (Å²) < 4.78 is 6.11. The maximum absolute atomic E-state index is 12.7. The van der Waals surface area contributed by atoms with Crippen molar-refractivity contribution in [1.82, 2.24) is 10.2 Å². The summed E-state index contributed by atoms with van der Waals surface area (Å²) >= 11 is 0. The zero-order valence-electron chi connectivity index (χ0n) is 14.3. The molecule has 2 aliphatic heterocycles. The van der Waals surface area contributed by atoms with Crippen LogP contribution < -0.4 is 10.1 Å². The third-order valence-electron chi connectivity index (χ3n) is 5.57. The minimum Gasteiger partial charge on any atom is -0.490 e. The molecule has 1 aromatic carbocycles. The van der Waals surface area contributed by atoms with E-state index in [1.54, 1.807) is 11.0 Å². The zero-order chi connectivity index (χ0) is 17.6. The van der Waals surface area contributed by atoms with Crippen molar-refractivity contribution < 1.29 is 19.1 Å². The van der Waals surface area contributed by atoms with Crippen LogP contribution in [0.15, 0.2) is 18.2 Å². The molecular formula is C19H22N2O4. The van der Waals surface area contributed by atoms with Gasteiger partial charge in [0.1, 0.15) is 17.9 Å². The third kappa shape index (κ3) is 2.90. The normalized spacial score (nSPS) is 28.9. The summed E-state index contributed by atoms with van der Waals surface area (Å²) in [5.41, 5.74) is 1.51. The molecule has 132 valence electrons. The lowest BCUT2D eigenvalue weighted by Crippen LogP contribution is -2.52. The topological polar surface area (TPSA) is 75.7 Å². The first-order valence-corrected chi connectivity index (χ1v) is 8.97. The summed E-state index contributed by atoms with van der Waals surface area (Å²) in [6.07, 6.45) is 4.34. The number of hydrogen-bond acceptors (Lipinski definition) is 4. The van der Waals surface area contributed by atoms with Gasteiger partial charge in [0.25, 0.3) is 5.91 Å². The lowest BCUT2D eigenvalue weighted by molar-refractivity contribution is -0.136. The molecule has 6 heteroatoms. The summed E-state index contributed by atoms with van der Waals surface area (Å²) in [7, 11) is 0. The van der Waals surface area contributed by atoms with E-state index in [9.17, 15) is 14.4 Å². The van der Waals surface area contributed by atoms with Crippen molar-refractivity contribution in [1.29, 1.82) is 0 Å². The number of nitrogens with zero attached hydrogens (tertiary/aromatic N) is 1. The Labute approximate surface area is 146 Å². The van der Waals surface area contributed by atoms with Crippen LogP contribution in [0.2, 0.25) is 0 Å². The Balaban J connectivity index is 1.51. The molecule has 3 amide bonds. The summed E-state index contributed by atoms with van der Waals surface area (Å²) in [4.78, 5) is 37.6. The van der Waals surface area contributed by atoms with Crippen molar-refractivity contribution in [3.05, 3.63) is 29.3 Å². The van der Waals surface area contributed by atoms with Crippen LogP contribution in [-0.2, 0) is 16.1 Å². The first-order chi connectivity index (χ1) is 12.0. The van der Waals surface area contributed by atoms with Gasteiger partial charge in [-0.1, -0.05) is 6.92 Å². The second-order valence-electron chi connectivity index (χ2n) is 7.28. The summed E-state index contributed by atoms with van der Waals surface area (Å²) in [5, 5.41) is 2.32. The van der Waals surface area contributed by atoms with Crippen LogP contribution in [0.4, 0.5) is 0 Å². The van der Waals surface area contributed by atoms with Crippen LogP contribution in [-0.4, -0.2) is 34.8 Å². The van der Waals surface area contributed by atoms with Crippen LogP contribution in [0.25, 0.3) is 0 Å². The molecular weight excluding hydrogens is 320 g/mol. The highest BCUT2D eigenvalue weighted by molar-refractivity contribution is 6.05. The first kappa shape index (κ1) is 16.1. The number of rotatable bonds is 3. The Morgan fingerprint density at radius 2 is 2.00 bits per heavy atom. The van der Waals surface area contributed by atoms with E-state index in [1.807, 2.05) is 12.1 Å². The molecule has 2 fully saturated rings. The Morgan fingerprint density at radius 3 is 2.72 bits per heavy atom. The van der Waals surface area contributed by atoms with Crippen molar-refractivity contribution in [3.8, 4) is 5.75 Å².